The molecule has 0 fully saturated rings. The first-order valence-electron chi connectivity index (χ1n) is 5.08. The van der Waals surface area contributed by atoms with Crippen molar-refractivity contribution in [2.75, 3.05) is 7.11 Å². The van der Waals surface area contributed by atoms with Crippen LogP contribution in [0.2, 0.25) is 0 Å². The summed E-state index contributed by atoms with van der Waals surface area (Å²) in [5.41, 5.74) is 8.33. The first-order chi connectivity index (χ1) is 6.67. The van der Waals surface area contributed by atoms with Crippen LogP contribution in [-0.2, 0) is 12.8 Å². The fourth-order valence-corrected chi connectivity index (χ4v) is 1.56. The lowest BCUT2D eigenvalue weighted by atomic mass is 10.0. The average Bonchev–Trinajstić information content (AvgIpc) is 2.16. The van der Waals surface area contributed by atoms with Gasteiger partial charge in [0.05, 0.1) is 7.11 Å². The Balaban J connectivity index is 2.96. The van der Waals surface area contributed by atoms with E-state index in [0.29, 0.717) is 0 Å². The first-order valence-corrected chi connectivity index (χ1v) is 5.08. The number of nitrogens with two attached hydrogens (primary N) is 1. The molecule has 0 aliphatic carbocycles. The molecule has 1 rings (SSSR count). The molecule has 1 atom stereocenters. The van der Waals surface area contributed by atoms with E-state index in [1.807, 2.05) is 13.0 Å². The third-order valence-corrected chi connectivity index (χ3v) is 2.29. The molecule has 0 bridgehead atoms. The quantitative estimate of drug-likeness (QED) is 0.795. The van der Waals surface area contributed by atoms with Crippen molar-refractivity contribution < 1.29 is 4.74 Å². The molecule has 1 unspecified atom stereocenters. The maximum absolute atomic E-state index is 5.78. The van der Waals surface area contributed by atoms with Gasteiger partial charge in [-0.15, -0.1) is 0 Å². The molecule has 0 aliphatic heterocycles. The van der Waals surface area contributed by atoms with Crippen LogP contribution in [0.4, 0.5) is 0 Å². The van der Waals surface area contributed by atoms with Crippen LogP contribution in [0.3, 0.4) is 0 Å². The number of rotatable bonds is 4. The van der Waals surface area contributed by atoms with E-state index in [1.165, 1.54) is 11.1 Å². The lowest BCUT2D eigenvalue weighted by Gasteiger charge is -2.11. The van der Waals surface area contributed by atoms with E-state index in [1.54, 1.807) is 7.11 Å². The van der Waals surface area contributed by atoms with Crippen molar-refractivity contribution in [3.63, 3.8) is 0 Å². The number of benzene rings is 1. The molecule has 78 valence electrons. The highest BCUT2D eigenvalue weighted by molar-refractivity contribution is 5.37. The molecule has 0 spiro atoms. The summed E-state index contributed by atoms with van der Waals surface area (Å²) in [6.07, 6.45) is 1.92. The van der Waals surface area contributed by atoms with Crippen molar-refractivity contribution in [1.82, 2.24) is 0 Å². The van der Waals surface area contributed by atoms with Crippen LogP contribution in [0, 0.1) is 0 Å². The van der Waals surface area contributed by atoms with Crippen molar-refractivity contribution >= 4 is 0 Å². The highest BCUT2D eigenvalue weighted by Gasteiger charge is 2.05. The van der Waals surface area contributed by atoms with Crippen molar-refractivity contribution in [1.29, 1.82) is 0 Å². The minimum Gasteiger partial charge on any atom is -0.496 e. The highest BCUT2D eigenvalue weighted by atomic mass is 16.5. The van der Waals surface area contributed by atoms with Gasteiger partial charge in [0.1, 0.15) is 5.75 Å². The molecule has 0 radical (unpaired) electrons. The van der Waals surface area contributed by atoms with Crippen molar-refractivity contribution in [2.24, 2.45) is 5.73 Å². The van der Waals surface area contributed by atoms with Gasteiger partial charge in [-0.2, -0.15) is 0 Å². The predicted molar refractivity (Wildman–Crippen MR) is 59.7 cm³/mol. The zero-order valence-electron chi connectivity index (χ0n) is 9.21. The molecular formula is C12H19NO. The molecule has 0 amide bonds. The van der Waals surface area contributed by atoms with Gasteiger partial charge in [-0.1, -0.05) is 19.1 Å². The molecule has 0 aliphatic rings. The van der Waals surface area contributed by atoms with Gasteiger partial charge in [-0.05, 0) is 37.0 Å². The van der Waals surface area contributed by atoms with Crippen molar-refractivity contribution in [2.45, 2.75) is 32.7 Å². The van der Waals surface area contributed by atoms with Crippen LogP contribution in [0.25, 0.3) is 0 Å². The Bertz CT molecular complexity index is 294. The summed E-state index contributed by atoms with van der Waals surface area (Å²) < 4.78 is 5.29. The number of ether oxygens (including phenoxy) is 1. The Morgan fingerprint density at radius 3 is 2.64 bits per heavy atom. The van der Waals surface area contributed by atoms with E-state index >= 15 is 0 Å². The summed E-state index contributed by atoms with van der Waals surface area (Å²) in [5, 5.41) is 0. The van der Waals surface area contributed by atoms with Crippen LogP contribution in [0.15, 0.2) is 18.2 Å². The molecule has 0 aromatic heterocycles. The fraction of sp³-hybridized carbons (Fsp3) is 0.500. The second-order valence-corrected chi connectivity index (χ2v) is 3.68. The monoisotopic (exact) mass is 193 g/mol. The summed E-state index contributed by atoms with van der Waals surface area (Å²) in [7, 11) is 1.70. The van der Waals surface area contributed by atoms with E-state index in [2.05, 4.69) is 19.1 Å². The summed E-state index contributed by atoms with van der Waals surface area (Å²) in [5.74, 6) is 0.944. The number of methoxy groups -OCH3 is 1. The van der Waals surface area contributed by atoms with E-state index < -0.39 is 0 Å². The molecule has 0 saturated heterocycles. The van der Waals surface area contributed by atoms with Gasteiger partial charge < -0.3 is 10.5 Å². The standard InChI is InChI=1S/C12H19NO/c1-4-10-5-6-12(14-3)11(8-10)7-9(2)13/h5-6,8-9H,4,7,13H2,1-3H3. The molecule has 0 saturated carbocycles. The lowest BCUT2D eigenvalue weighted by Crippen LogP contribution is -2.18. The number of hydrogen-bond acceptors (Lipinski definition) is 2. The summed E-state index contributed by atoms with van der Waals surface area (Å²) in [6, 6.07) is 6.48. The third-order valence-electron chi connectivity index (χ3n) is 2.29. The molecular weight excluding hydrogens is 174 g/mol. The van der Waals surface area contributed by atoms with Crippen LogP contribution in [-0.4, -0.2) is 13.2 Å². The maximum atomic E-state index is 5.78. The zero-order chi connectivity index (χ0) is 10.6. The van der Waals surface area contributed by atoms with Crippen molar-refractivity contribution in [3.8, 4) is 5.75 Å². The number of aryl methyl sites for hydroxylation is 1. The van der Waals surface area contributed by atoms with Gasteiger partial charge >= 0.3 is 0 Å². The lowest BCUT2D eigenvalue weighted by molar-refractivity contribution is 0.408. The van der Waals surface area contributed by atoms with E-state index in [4.69, 9.17) is 10.5 Å². The largest absolute Gasteiger partial charge is 0.496 e. The molecule has 1 aromatic carbocycles. The Kier molecular flexibility index (Phi) is 3.96. The second-order valence-electron chi connectivity index (χ2n) is 3.68. The molecule has 2 heteroatoms. The van der Waals surface area contributed by atoms with Crippen molar-refractivity contribution in [3.05, 3.63) is 29.3 Å². The van der Waals surface area contributed by atoms with Gasteiger partial charge in [0.25, 0.3) is 0 Å². The Hall–Kier alpha value is -1.02. The normalized spacial score (nSPS) is 12.6. The maximum Gasteiger partial charge on any atom is 0.122 e. The SMILES string of the molecule is CCc1ccc(OC)c(CC(C)N)c1. The Labute approximate surface area is 86.1 Å². The zero-order valence-corrected chi connectivity index (χ0v) is 9.21. The highest BCUT2D eigenvalue weighted by Crippen LogP contribution is 2.21. The van der Waals surface area contributed by atoms with Gasteiger partial charge in [0, 0.05) is 6.04 Å². The topological polar surface area (TPSA) is 35.2 Å². The van der Waals surface area contributed by atoms with Gasteiger partial charge in [-0.3, -0.25) is 0 Å². The van der Waals surface area contributed by atoms with E-state index in [-0.39, 0.29) is 6.04 Å². The van der Waals surface area contributed by atoms with Gasteiger partial charge in [0.2, 0.25) is 0 Å². The minimum absolute atomic E-state index is 0.177. The van der Waals surface area contributed by atoms with Crippen LogP contribution in [0.1, 0.15) is 25.0 Å². The van der Waals surface area contributed by atoms with E-state index in [0.717, 1.165) is 18.6 Å². The van der Waals surface area contributed by atoms with Crippen LogP contribution >= 0.6 is 0 Å². The van der Waals surface area contributed by atoms with Crippen LogP contribution < -0.4 is 10.5 Å². The Morgan fingerprint density at radius 1 is 1.43 bits per heavy atom. The Morgan fingerprint density at radius 2 is 2.14 bits per heavy atom. The van der Waals surface area contributed by atoms with E-state index in [9.17, 15) is 0 Å². The molecule has 14 heavy (non-hydrogen) atoms. The number of hydrogen-bond donors (Lipinski definition) is 1. The molecule has 1 aromatic rings. The van der Waals surface area contributed by atoms with Gasteiger partial charge in [-0.25, -0.2) is 0 Å². The minimum atomic E-state index is 0.177. The van der Waals surface area contributed by atoms with Gasteiger partial charge in [0.15, 0.2) is 0 Å². The molecule has 2 N–H and O–H groups in total. The summed E-state index contributed by atoms with van der Waals surface area (Å²) in [6.45, 7) is 4.16. The fourth-order valence-electron chi connectivity index (χ4n) is 1.56. The average molecular weight is 193 g/mol. The third kappa shape index (κ3) is 2.74. The molecule has 0 heterocycles. The second kappa shape index (κ2) is 5.01. The van der Waals surface area contributed by atoms with Crippen LogP contribution in [0.5, 0.6) is 5.75 Å². The molecule has 2 nitrogen and oxygen atoms in total. The predicted octanol–water partition coefficient (Wildman–Crippen LogP) is 2.15. The first kappa shape index (κ1) is 11.1. The summed E-state index contributed by atoms with van der Waals surface area (Å²) in [4.78, 5) is 0. The summed E-state index contributed by atoms with van der Waals surface area (Å²) >= 11 is 0. The smallest absolute Gasteiger partial charge is 0.122 e.